The monoisotopic (exact) mass is 395 g/mol. The van der Waals surface area contributed by atoms with Crippen molar-refractivity contribution in [3.8, 4) is 0 Å². The number of hydrogen-bond donors (Lipinski definition) is 2. The number of carboxylic acid groups (broad SMARTS) is 1. The third kappa shape index (κ3) is 3.55. The van der Waals surface area contributed by atoms with Crippen molar-refractivity contribution < 1.29 is 19.1 Å². The highest BCUT2D eigenvalue weighted by Crippen LogP contribution is 2.39. The Morgan fingerprint density at radius 1 is 1.11 bits per heavy atom. The fourth-order valence-corrected chi connectivity index (χ4v) is 4.78. The Bertz CT molecular complexity index is 1060. The zero-order valence-electron chi connectivity index (χ0n) is 14.9. The maximum atomic E-state index is 13.4. The maximum Gasteiger partial charge on any atom is 0.339 e. The molecule has 1 unspecified atom stereocenters. The normalized spacial score (nSPS) is 15.7. The molecule has 142 valence electrons. The first-order chi connectivity index (χ1) is 13.5. The predicted molar refractivity (Wildman–Crippen MR) is 107 cm³/mol. The predicted octanol–water partition coefficient (Wildman–Crippen LogP) is 5.11. The third-order valence-electron chi connectivity index (χ3n) is 5.13. The van der Waals surface area contributed by atoms with E-state index in [-0.39, 0.29) is 22.0 Å². The highest BCUT2D eigenvalue weighted by Gasteiger charge is 2.28. The number of carboxylic acids is 1. The summed E-state index contributed by atoms with van der Waals surface area (Å²) >= 11 is 1.20. The van der Waals surface area contributed by atoms with Crippen LogP contribution in [0.3, 0.4) is 0 Å². The summed E-state index contributed by atoms with van der Waals surface area (Å²) in [6, 6.07) is 13.5. The molecule has 1 amide bonds. The number of carbonyl (C=O) groups excluding carboxylic acids is 1. The molecule has 3 aromatic rings. The van der Waals surface area contributed by atoms with E-state index < -0.39 is 17.7 Å². The lowest BCUT2D eigenvalue weighted by atomic mass is 9.80. The molecular weight excluding hydrogens is 377 g/mol. The van der Waals surface area contributed by atoms with Crippen molar-refractivity contribution in [3.05, 3.63) is 87.5 Å². The number of fused-ring (bicyclic) bond motifs is 1. The average Bonchev–Trinajstić information content (AvgIpc) is 3.11. The summed E-state index contributed by atoms with van der Waals surface area (Å²) in [4.78, 5) is 24.4. The van der Waals surface area contributed by atoms with E-state index in [2.05, 4.69) is 17.4 Å². The van der Waals surface area contributed by atoms with E-state index in [0.717, 1.165) is 30.9 Å². The van der Waals surface area contributed by atoms with Crippen molar-refractivity contribution in [3.63, 3.8) is 0 Å². The van der Waals surface area contributed by atoms with Gasteiger partial charge >= 0.3 is 5.97 Å². The summed E-state index contributed by atoms with van der Waals surface area (Å²) < 4.78 is 13.4. The summed E-state index contributed by atoms with van der Waals surface area (Å²) in [5, 5.41) is 14.5. The SMILES string of the molecule is O=C(Nc1scc(C2CCc3ccccc3C2)c1C(=O)O)c1cccc(F)c1. The molecule has 0 fully saturated rings. The van der Waals surface area contributed by atoms with Crippen LogP contribution in [-0.4, -0.2) is 17.0 Å². The van der Waals surface area contributed by atoms with Gasteiger partial charge in [0.25, 0.3) is 5.91 Å². The van der Waals surface area contributed by atoms with Gasteiger partial charge in [0.2, 0.25) is 0 Å². The molecule has 4 rings (SSSR count). The lowest BCUT2D eigenvalue weighted by Gasteiger charge is -2.24. The Kier molecular flexibility index (Phi) is 4.96. The lowest BCUT2D eigenvalue weighted by molar-refractivity contribution is 0.0696. The van der Waals surface area contributed by atoms with Crippen LogP contribution in [0.25, 0.3) is 0 Å². The number of halogens is 1. The smallest absolute Gasteiger partial charge is 0.339 e. The number of anilines is 1. The van der Waals surface area contributed by atoms with Gasteiger partial charge in [-0.25, -0.2) is 9.18 Å². The first-order valence-corrected chi connectivity index (χ1v) is 9.89. The van der Waals surface area contributed by atoms with E-state index in [1.54, 1.807) is 0 Å². The average molecular weight is 395 g/mol. The van der Waals surface area contributed by atoms with Crippen molar-refractivity contribution in [2.45, 2.75) is 25.2 Å². The number of hydrogen-bond acceptors (Lipinski definition) is 3. The quantitative estimate of drug-likeness (QED) is 0.645. The van der Waals surface area contributed by atoms with Crippen LogP contribution in [0.5, 0.6) is 0 Å². The molecule has 4 nitrogen and oxygen atoms in total. The number of amides is 1. The topological polar surface area (TPSA) is 66.4 Å². The molecular formula is C22H18FNO3S. The number of thiophene rings is 1. The van der Waals surface area contributed by atoms with E-state index in [0.29, 0.717) is 0 Å². The zero-order valence-corrected chi connectivity index (χ0v) is 15.8. The number of aromatic carboxylic acids is 1. The molecule has 28 heavy (non-hydrogen) atoms. The number of benzene rings is 2. The van der Waals surface area contributed by atoms with Crippen LogP contribution >= 0.6 is 11.3 Å². The molecule has 0 saturated heterocycles. The second kappa shape index (κ2) is 7.56. The van der Waals surface area contributed by atoms with Gasteiger partial charge in [0.15, 0.2) is 0 Å². The van der Waals surface area contributed by atoms with Gasteiger partial charge in [0, 0.05) is 5.56 Å². The fourth-order valence-electron chi connectivity index (χ4n) is 3.75. The molecule has 0 saturated carbocycles. The number of carbonyl (C=O) groups is 2. The van der Waals surface area contributed by atoms with Gasteiger partial charge in [0.1, 0.15) is 10.8 Å². The Hall–Kier alpha value is -2.99. The Balaban J connectivity index is 1.62. The number of nitrogens with one attached hydrogen (secondary N) is 1. The highest BCUT2D eigenvalue weighted by atomic mass is 32.1. The minimum absolute atomic E-state index is 0.0945. The summed E-state index contributed by atoms with van der Waals surface area (Å²) in [7, 11) is 0. The Morgan fingerprint density at radius 3 is 2.64 bits per heavy atom. The van der Waals surface area contributed by atoms with Crippen LogP contribution < -0.4 is 5.32 Å². The van der Waals surface area contributed by atoms with Gasteiger partial charge in [-0.2, -0.15) is 0 Å². The summed E-state index contributed by atoms with van der Waals surface area (Å²) in [5.74, 6) is -2.01. The molecule has 1 atom stereocenters. The minimum Gasteiger partial charge on any atom is -0.478 e. The summed E-state index contributed by atoms with van der Waals surface area (Å²) in [5.41, 5.74) is 3.59. The van der Waals surface area contributed by atoms with E-state index in [9.17, 15) is 19.1 Å². The second-order valence-electron chi connectivity index (χ2n) is 6.87. The molecule has 0 aliphatic heterocycles. The minimum atomic E-state index is -1.07. The van der Waals surface area contributed by atoms with Gasteiger partial charge in [-0.3, -0.25) is 4.79 Å². The zero-order chi connectivity index (χ0) is 19.7. The van der Waals surface area contributed by atoms with Gasteiger partial charge in [-0.15, -0.1) is 11.3 Å². The van der Waals surface area contributed by atoms with E-state index in [1.165, 1.54) is 40.7 Å². The molecule has 0 bridgehead atoms. The third-order valence-corrected chi connectivity index (χ3v) is 6.05. The van der Waals surface area contributed by atoms with Gasteiger partial charge in [0.05, 0.1) is 5.56 Å². The first-order valence-electron chi connectivity index (χ1n) is 9.01. The largest absolute Gasteiger partial charge is 0.478 e. The standard InChI is InChI=1S/C22H18FNO3S/c23-17-7-3-6-16(11-17)20(25)24-21-19(22(26)27)18(12-28-21)15-9-8-13-4-1-2-5-14(13)10-15/h1-7,11-12,15H,8-10H2,(H,24,25)(H,26,27). The Morgan fingerprint density at radius 2 is 1.89 bits per heavy atom. The number of aryl methyl sites for hydroxylation is 1. The molecule has 6 heteroatoms. The lowest BCUT2D eigenvalue weighted by Crippen LogP contribution is -2.17. The maximum absolute atomic E-state index is 13.4. The van der Waals surface area contributed by atoms with Crippen molar-refractivity contribution in [1.82, 2.24) is 0 Å². The highest BCUT2D eigenvalue weighted by molar-refractivity contribution is 7.15. The van der Waals surface area contributed by atoms with Crippen LogP contribution in [0.15, 0.2) is 53.9 Å². The van der Waals surface area contributed by atoms with Gasteiger partial charge in [-0.1, -0.05) is 30.3 Å². The van der Waals surface area contributed by atoms with Crippen molar-refractivity contribution in [1.29, 1.82) is 0 Å². The van der Waals surface area contributed by atoms with Crippen molar-refractivity contribution in [2.24, 2.45) is 0 Å². The molecule has 2 aromatic carbocycles. The number of rotatable bonds is 4. The van der Waals surface area contributed by atoms with Crippen molar-refractivity contribution in [2.75, 3.05) is 5.32 Å². The molecule has 1 heterocycles. The molecule has 2 N–H and O–H groups in total. The van der Waals surface area contributed by atoms with E-state index in [4.69, 9.17) is 0 Å². The molecule has 1 aromatic heterocycles. The molecule has 1 aliphatic carbocycles. The molecule has 1 aliphatic rings. The van der Waals surface area contributed by atoms with Gasteiger partial charge in [-0.05, 0) is 65.4 Å². The van der Waals surface area contributed by atoms with E-state index in [1.807, 2.05) is 17.5 Å². The second-order valence-corrected chi connectivity index (χ2v) is 7.75. The van der Waals surface area contributed by atoms with Crippen molar-refractivity contribution >= 4 is 28.2 Å². The summed E-state index contributed by atoms with van der Waals surface area (Å²) in [6.45, 7) is 0. The molecule has 0 spiro atoms. The first kappa shape index (κ1) is 18.4. The van der Waals surface area contributed by atoms with Crippen LogP contribution in [-0.2, 0) is 12.8 Å². The van der Waals surface area contributed by atoms with Crippen LogP contribution in [0, 0.1) is 5.82 Å². The van der Waals surface area contributed by atoms with Crippen LogP contribution in [0.2, 0.25) is 0 Å². The Labute approximate surface area is 165 Å². The van der Waals surface area contributed by atoms with Gasteiger partial charge < -0.3 is 10.4 Å². The fraction of sp³-hybridized carbons (Fsp3) is 0.182. The van der Waals surface area contributed by atoms with Crippen LogP contribution in [0.1, 0.15) is 49.7 Å². The molecule has 0 radical (unpaired) electrons. The van der Waals surface area contributed by atoms with Crippen LogP contribution in [0.4, 0.5) is 9.39 Å². The van der Waals surface area contributed by atoms with E-state index >= 15 is 0 Å². The summed E-state index contributed by atoms with van der Waals surface area (Å²) in [6.07, 6.45) is 2.55.